The van der Waals surface area contributed by atoms with Crippen LogP contribution in [0.5, 0.6) is 0 Å². The van der Waals surface area contributed by atoms with Crippen molar-refractivity contribution in [2.75, 3.05) is 0 Å². The predicted octanol–water partition coefficient (Wildman–Crippen LogP) is 6.43. The summed E-state index contributed by atoms with van der Waals surface area (Å²) < 4.78 is 5.56. The van der Waals surface area contributed by atoms with Gasteiger partial charge < -0.3 is 5.11 Å². The molecule has 0 aliphatic carbocycles. The van der Waals surface area contributed by atoms with Crippen LogP contribution in [0.2, 0.25) is 0 Å². The van der Waals surface area contributed by atoms with Crippen LogP contribution in [0.1, 0.15) is 13.8 Å². The molecule has 2 N–H and O–H groups in total. The molecule has 4 rings (SSSR count). The third-order valence-corrected chi connectivity index (χ3v) is 6.77. The van der Waals surface area contributed by atoms with Gasteiger partial charge in [-0.2, -0.15) is 0 Å². The molecule has 1 unspecified atom stereocenters. The largest absolute Gasteiger partial charge is 0.480 e. The molecule has 3 nitrogen and oxygen atoms in total. The smallest absolute Gasteiger partial charge is 0.321 e. The number of carboxylic acid groups (broad SMARTS) is 1. The molecule has 0 aliphatic heterocycles. The average molecular weight is 408 g/mol. The number of thiophene rings is 1. The zero-order valence-corrected chi connectivity index (χ0v) is 17.3. The van der Waals surface area contributed by atoms with Crippen molar-refractivity contribution in [3.63, 3.8) is 0 Å². The first-order valence-electron chi connectivity index (χ1n) is 9.20. The van der Waals surface area contributed by atoms with Crippen molar-refractivity contribution in [1.29, 1.82) is 0 Å². The van der Waals surface area contributed by atoms with Gasteiger partial charge in [0, 0.05) is 25.1 Å². The van der Waals surface area contributed by atoms with Crippen LogP contribution >= 0.6 is 23.3 Å². The van der Waals surface area contributed by atoms with E-state index < -0.39 is 12.0 Å². The van der Waals surface area contributed by atoms with Gasteiger partial charge in [-0.25, -0.2) is 4.72 Å². The first-order valence-corrected chi connectivity index (χ1v) is 10.8. The van der Waals surface area contributed by atoms with Gasteiger partial charge in [0.15, 0.2) is 0 Å². The van der Waals surface area contributed by atoms with Gasteiger partial charge in [0.25, 0.3) is 0 Å². The molecule has 0 spiro atoms. The molecule has 1 aromatic heterocycles. The van der Waals surface area contributed by atoms with Crippen LogP contribution in [0.4, 0.5) is 0 Å². The summed E-state index contributed by atoms with van der Waals surface area (Å²) in [5.74, 6) is -0.798. The Hall–Kier alpha value is -2.34. The number of hydrogen-bond acceptors (Lipinski definition) is 4. The number of benzene rings is 3. The number of rotatable bonds is 6. The highest BCUT2D eigenvalue weighted by atomic mass is 32.2. The maximum Gasteiger partial charge on any atom is 0.321 e. The Morgan fingerprint density at radius 1 is 0.929 bits per heavy atom. The van der Waals surface area contributed by atoms with Crippen LogP contribution in [0.25, 0.3) is 31.3 Å². The quantitative estimate of drug-likeness (QED) is 0.362. The Bertz CT molecular complexity index is 1140. The van der Waals surface area contributed by atoms with Crippen molar-refractivity contribution in [3.8, 4) is 11.1 Å². The number of hydrogen-bond donors (Lipinski definition) is 2. The van der Waals surface area contributed by atoms with E-state index in [1.54, 1.807) is 11.3 Å². The SMILES string of the molecule is CC(C)C(NSc1ccc2c(c1)sc1cc(-c3ccccc3)ccc12)C(=O)O. The van der Waals surface area contributed by atoms with Crippen molar-refractivity contribution < 1.29 is 9.90 Å². The Balaban J connectivity index is 1.64. The number of aliphatic carboxylic acids is 1. The van der Waals surface area contributed by atoms with Crippen molar-refractivity contribution >= 4 is 49.4 Å². The molecular weight excluding hydrogens is 386 g/mol. The minimum absolute atomic E-state index is 0.0227. The van der Waals surface area contributed by atoms with Crippen LogP contribution in [-0.4, -0.2) is 17.1 Å². The lowest BCUT2D eigenvalue weighted by atomic mass is 10.0. The van der Waals surface area contributed by atoms with E-state index >= 15 is 0 Å². The summed E-state index contributed by atoms with van der Waals surface area (Å²) in [6.07, 6.45) is 0. The molecule has 0 radical (unpaired) electrons. The van der Waals surface area contributed by atoms with E-state index in [9.17, 15) is 9.90 Å². The van der Waals surface area contributed by atoms with E-state index in [1.165, 1.54) is 43.2 Å². The Morgan fingerprint density at radius 2 is 1.61 bits per heavy atom. The molecule has 0 amide bonds. The molecule has 0 saturated heterocycles. The molecule has 1 heterocycles. The first kappa shape index (κ1) is 19.0. The zero-order valence-electron chi connectivity index (χ0n) is 15.7. The van der Waals surface area contributed by atoms with E-state index in [0.29, 0.717) is 0 Å². The minimum atomic E-state index is -0.820. The number of carbonyl (C=O) groups is 1. The number of fused-ring (bicyclic) bond motifs is 3. The van der Waals surface area contributed by atoms with Gasteiger partial charge >= 0.3 is 5.97 Å². The van der Waals surface area contributed by atoms with Crippen molar-refractivity contribution in [1.82, 2.24) is 4.72 Å². The highest BCUT2D eigenvalue weighted by Gasteiger charge is 2.21. The van der Waals surface area contributed by atoms with Crippen molar-refractivity contribution in [2.24, 2.45) is 5.92 Å². The Morgan fingerprint density at radius 3 is 2.29 bits per heavy atom. The molecular formula is C23H21NO2S2. The van der Waals surface area contributed by atoms with Gasteiger partial charge in [-0.3, -0.25) is 4.79 Å². The molecule has 0 bridgehead atoms. The molecule has 3 aromatic carbocycles. The van der Waals surface area contributed by atoms with Crippen molar-refractivity contribution in [3.05, 3.63) is 66.7 Å². The average Bonchev–Trinajstić information content (AvgIpc) is 3.05. The van der Waals surface area contributed by atoms with E-state index in [-0.39, 0.29) is 5.92 Å². The van der Waals surface area contributed by atoms with Gasteiger partial charge in [-0.05, 0) is 47.2 Å². The van der Waals surface area contributed by atoms with Crippen LogP contribution < -0.4 is 4.72 Å². The second-order valence-electron chi connectivity index (χ2n) is 7.12. The summed E-state index contributed by atoms with van der Waals surface area (Å²) >= 11 is 3.16. The summed E-state index contributed by atoms with van der Waals surface area (Å²) in [6.45, 7) is 3.82. The fourth-order valence-electron chi connectivity index (χ4n) is 3.23. The van der Waals surface area contributed by atoms with Crippen LogP contribution in [0.15, 0.2) is 71.6 Å². The maximum atomic E-state index is 11.4. The summed E-state index contributed by atoms with van der Waals surface area (Å²) in [7, 11) is 0. The van der Waals surface area contributed by atoms with Crippen LogP contribution in [-0.2, 0) is 4.79 Å². The predicted molar refractivity (Wildman–Crippen MR) is 120 cm³/mol. The molecule has 28 heavy (non-hydrogen) atoms. The third-order valence-electron chi connectivity index (χ3n) is 4.79. The zero-order chi connectivity index (χ0) is 19.7. The first-order chi connectivity index (χ1) is 13.5. The van der Waals surface area contributed by atoms with Crippen molar-refractivity contribution in [2.45, 2.75) is 24.8 Å². The lowest BCUT2D eigenvalue weighted by Gasteiger charge is -2.16. The number of carboxylic acids is 1. The van der Waals surface area contributed by atoms with Gasteiger partial charge in [0.05, 0.1) is 0 Å². The third kappa shape index (κ3) is 3.78. The highest BCUT2D eigenvalue weighted by Crippen LogP contribution is 2.38. The molecule has 5 heteroatoms. The van der Waals surface area contributed by atoms with E-state index in [4.69, 9.17) is 0 Å². The second kappa shape index (κ2) is 7.95. The van der Waals surface area contributed by atoms with E-state index in [1.807, 2.05) is 19.9 Å². The fourth-order valence-corrected chi connectivity index (χ4v) is 5.44. The molecule has 0 saturated carbocycles. The lowest BCUT2D eigenvalue weighted by molar-refractivity contribution is -0.139. The summed E-state index contributed by atoms with van der Waals surface area (Å²) in [5, 5.41) is 11.8. The molecule has 142 valence electrons. The topological polar surface area (TPSA) is 49.3 Å². The normalized spacial score (nSPS) is 12.7. The van der Waals surface area contributed by atoms with Gasteiger partial charge in [0.2, 0.25) is 0 Å². The molecule has 0 aliphatic rings. The van der Waals surface area contributed by atoms with Gasteiger partial charge in [-0.1, -0.05) is 62.4 Å². The Kier molecular flexibility index (Phi) is 5.40. The van der Waals surface area contributed by atoms with Gasteiger partial charge in [-0.15, -0.1) is 11.3 Å². The summed E-state index contributed by atoms with van der Waals surface area (Å²) in [6, 6.07) is 22.8. The van der Waals surface area contributed by atoms with Crippen LogP contribution in [0, 0.1) is 5.92 Å². The monoisotopic (exact) mass is 407 g/mol. The summed E-state index contributed by atoms with van der Waals surface area (Å²) in [5.41, 5.74) is 2.44. The standard InChI is InChI=1S/C23H21NO2S2/c1-14(2)22(23(25)26)24-28-17-9-11-19-18-10-8-16(15-6-4-3-5-7-15)12-20(18)27-21(19)13-17/h3-14,22,24H,1-2H3,(H,25,26). The molecule has 0 fully saturated rings. The maximum absolute atomic E-state index is 11.4. The Labute approximate surface area is 172 Å². The minimum Gasteiger partial charge on any atom is -0.480 e. The van der Waals surface area contributed by atoms with Crippen LogP contribution in [0.3, 0.4) is 0 Å². The lowest BCUT2D eigenvalue weighted by Crippen LogP contribution is -2.36. The molecule has 4 aromatic rings. The molecule has 1 atom stereocenters. The number of nitrogens with one attached hydrogen (secondary N) is 1. The second-order valence-corrected chi connectivity index (χ2v) is 9.11. The van der Waals surface area contributed by atoms with Gasteiger partial charge in [0.1, 0.15) is 6.04 Å². The van der Waals surface area contributed by atoms with E-state index in [2.05, 4.69) is 65.4 Å². The summed E-state index contributed by atoms with van der Waals surface area (Å²) in [4.78, 5) is 12.4. The fraction of sp³-hybridized carbons (Fsp3) is 0.174. The van der Waals surface area contributed by atoms with E-state index in [0.717, 1.165) is 4.90 Å². The highest BCUT2D eigenvalue weighted by molar-refractivity contribution is 7.97.